The normalized spacial score (nSPS) is 14.1. The van der Waals surface area contributed by atoms with Crippen molar-refractivity contribution in [3.63, 3.8) is 0 Å². The molecule has 5 heteroatoms. The minimum atomic E-state index is -0.986. The molecule has 1 unspecified atom stereocenters. The number of carbonyl (C=O) groups excluding carboxylic acids is 1. The zero-order valence-corrected chi connectivity index (χ0v) is 11.0. The van der Waals surface area contributed by atoms with Crippen LogP contribution >= 0.6 is 11.3 Å². The van der Waals surface area contributed by atoms with E-state index in [1.165, 1.54) is 11.3 Å². The SMILES string of the molecule is CCC(C)[C@H](NC(=O)c1cscc1C)C(=O)O. The molecule has 0 saturated heterocycles. The number of thiophene rings is 1. The molecule has 1 rings (SSSR count). The van der Waals surface area contributed by atoms with Crippen molar-refractivity contribution in [2.75, 3.05) is 0 Å². The van der Waals surface area contributed by atoms with Crippen LogP contribution in [0.2, 0.25) is 0 Å². The topological polar surface area (TPSA) is 66.4 Å². The molecular formula is C12H17NO3S. The van der Waals surface area contributed by atoms with E-state index >= 15 is 0 Å². The molecule has 0 aliphatic carbocycles. The van der Waals surface area contributed by atoms with Gasteiger partial charge in [-0.3, -0.25) is 4.79 Å². The molecule has 0 fully saturated rings. The van der Waals surface area contributed by atoms with Crippen LogP contribution in [0.25, 0.3) is 0 Å². The number of carboxylic acid groups (broad SMARTS) is 1. The van der Waals surface area contributed by atoms with Gasteiger partial charge < -0.3 is 10.4 Å². The fourth-order valence-electron chi connectivity index (χ4n) is 1.50. The van der Waals surface area contributed by atoms with E-state index in [4.69, 9.17) is 5.11 Å². The third-order valence-corrected chi connectivity index (χ3v) is 3.73. The predicted molar refractivity (Wildman–Crippen MR) is 67.4 cm³/mol. The predicted octanol–water partition coefficient (Wildman–Crippen LogP) is 2.29. The van der Waals surface area contributed by atoms with Crippen molar-refractivity contribution in [2.24, 2.45) is 5.92 Å². The van der Waals surface area contributed by atoms with Gasteiger partial charge in [-0.15, -0.1) is 0 Å². The molecule has 0 saturated carbocycles. The number of hydrogen-bond acceptors (Lipinski definition) is 3. The zero-order valence-electron chi connectivity index (χ0n) is 10.2. The summed E-state index contributed by atoms with van der Waals surface area (Å²) in [4.78, 5) is 23.0. The molecule has 0 aromatic carbocycles. The Kier molecular flexibility index (Phi) is 4.69. The summed E-state index contributed by atoms with van der Waals surface area (Å²) in [5.41, 5.74) is 1.44. The lowest BCUT2D eigenvalue weighted by Gasteiger charge is -2.20. The molecule has 17 heavy (non-hydrogen) atoms. The third kappa shape index (κ3) is 3.30. The van der Waals surface area contributed by atoms with Gasteiger partial charge in [-0.05, 0) is 23.8 Å². The number of nitrogens with one attached hydrogen (secondary N) is 1. The number of carbonyl (C=O) groups is 2. The van der Waals surface area contributed by atoms with Gasteiger partial charge in [-0.25, -0.2) is 4.79 Å². The molecule has 0 aliphatic heterocycles. The molecule has 2 N–H and O–H groups in total. The second-order valence-corrected chi connectivity index (χ2v) is 4.89. The van der Waals surface area contributed by atoms with E-state index < -0.39 is 12.0 Å². The second kappa shape index (κ2) is 5.82. The summed E-state index contributed by atoms with van der Waals surface area (Å²) in [7, 11) is 0. The van der Waals surface area contributed by atoms with E-state index in [0.717, 1.165) is 5.56 Å². The maximum Gasteiger partial charge on any atom is 0.326 e. The summed E-state index contributed by atoms with van der Waals surface area (Å²) >= 11 is 1.44. The van der Waals surface area contributed by atoms with Gasteiger partial charge in [-0.2, -0.15) is 11.3 Å². The first-order valence-electron chi connectivity index (χ1n) is 5.53. The summed E-state index contributed by atoms with van der Waals surface area (Å²) in [6, 6.07) is -0.827. The Morgan fingerprint density at radius 2 is 2.12 bits per heavy atom. The fraction of sp³-hybridized carbons (Fsp3) is 0.500. The third-order valence-electron chi connectivity index (χ3n) is 2.87. The standard InChI is InChI=1S/C12H17NO3S/c1-4-7(2)10(12(15)16)13-11(14)9-6-17-5-8(9)3/h5-7,10H,4H2,1-3H3,(H,13,14)(H,15,16)/t7?,10-/m0/s1. The number of aryl methyl sites for hydroxylation is 1. The lowest BCUT2D eigenvalue weighted by Crippen LogP contribution is -2.45. The van der Waals surface area contributed by atoms with Crippen LogP contribution in [0.5, 0.6) is 0 Å². The molecule has 4 nitrogen and oxygen atoms in total. The van der Waals surface area contributed by atoms with Crippen LogP contribution in [0.15, 0.2) is 10.8 Å². The smallest absolute Gasteiger partial charge is 0.326 e. The molecule has 1 aromatic heterocycles. The van der Waals surface area contributed by atoms with Gasteiger partial charge >= 0.3 is 5.97 Å². The van der Waals surface area contributed by atoms with E-state index in [-0.39, 0.29) is 11.8 Å². The van der Waals surface area contributed by atoms with Crippen molar-refractivity contribution in [1.82, 2.24) is 5.32 Å². The maximum absolute atomic E-state index is 11.9. The van der Waals surface area contributed by atoms with Crippen molar-refractivity contribution < 1.29 is 14.7 Å². The summed E-state index contributed by atoms with van der Waals surface area (Å²) in [5, 5.41) is 15.3. The van der Waals surface area contributed by atoms with E-state index in [0.29, 0.717) is 12.0 Å². The van der Waals surface area contributed by atoms with Gasteiger partial charge in [0.1, 0.15) is 6.04 Å². The van der Waals surface area contributed by atoms with Gasteiger partial charge in [0, 0.05) is 5.38 Å². The van der Waals surface area contributed by atoms with Crippen molar-refractivity contribution in [2.45, 2.75) is 33.2 Å². The zero-order chi connectivity index (χ0) is 13.0. The van der Waals surface area contributed by atoms with E-state index in [2.05, 4.69) is 5.32 Å². The van der Waals surface area contributed by atoms with Gasteiger partial charge in [0.05, 0.1) is 5.56 Å². The number of carboxylic acids is 1. The Labute approximate surface area is 105 Å². The molecule has 1 heterocycles. The first-order chi connectivity index (χ1) is 7.97. The Hall–Kier alpha value is -1.36. The molecule has 0 bridgehead atoms. The number of amides is 1. The van der Waals surface area contributed by atoms with Crippen LogP contribution in [0, 0.1) is 12.8 Å². The number of aliphatic carboxylic acids is 1. The number of hydrogen-bond donors (Lipinski definition) is 2. The largest absolute Gasteiger partial charge is 0.480 e. The monoisotopic (exact) mass is 255 g/mol. The molecule has 2 atom stereocenters. The van der Waals surface area contributed by atoms with Gasteiger partial charge in [0.25, 0.3) is 5.91 Å². The highest BCUT2D eigenvalue weighted by atomic mass is 32.1. The maximum atomic E-state index is 11.9. The van der Waals surface area contributed by atoms with Crippen LogP contribution in [-0.4, -0.2) is 23.0 Å². The molecule has 0 aliphatic rings. The fourth-order valence-corrected chi connectivity index (χ4v) is 2.32. The van der Waals surface area contributed by atoms with Gasteiger partial charge in [0.2, 0.25) is 0 Å². The highest BCUT2D eigenvalue weighted by molar-refractivity contribution is 7.08. The average Bonchev–Trinajstić information content (AvgIpc) is 2.70. The summed E-state index contributed by atoms with van der Waals surface area (Å²) in [5.74, 6) is -1.38. The van der Waals surface area contributed by atoms with E-state index in [1.54, 1.807) is 5.38 Å². The molecule has 1 aromatic rings. The van der Waals surface area contributed by atoms with Crippen LogP contribution < -0.4 is 5.32 Å². The molecule has 94 valence electrons. The average molecular weight is 255 g/mol. The Morgan fingerprint density at radius 1 is 1.47 bits per heavy atom. The highest BCUT2D eigenvalue weighted by Gasteiger charge is 2.26. The quantitative estimate of drug-likeness (QED) is 0.848. The molecule has 0 spiro atoms. The lowest BCUT2D eigenvalue weighted by atomic mass is 9.99. The second-order valence-electron chi connectivity index (χ2n) is 4.14. The Balaban J connectivity index is 2.78. The van der Waals surface area contributed by atoms with E-state index in [1.807, 2.05) is 26.2 Å². The van der Waals surface area contributed by atoms with Crippen molar-refractivity contribution in [3.05, 3.63) is 21.9 Å². The van der Waals surface area contributed by atoms with Gasteiger partial charge in [0.15, 0.2) is 0 Å². The van der Waals surface area contributed by atoms with Crippen LogP contribution in [0.3, 0.4) is 0 Å². The molecule has 0 radical (unpaired) electrons. The van der Waals surface area contributed by atoms with Crippen LogP contribution in [0.1, 0.15) is 36.2 Å². The van der Waals surface area contributed by atoms with Crippen molar-refractivity contribution in [1.29, 1.82) is 0 Å². The first kappa shape index (κ1) is 13.7. The van der Waals surface area contributed by atoms with Crippen LogP contribution in [-0.2, 0) is 4.79 Å². The minimum Gasteiger partial charge on any atom is -0.480 e. The van der Waals surface area contributed by atoms with E-state index in [9.17, 15) is 9.59 Å². The lowest BCUT2D eigenvalue weighted by molar-refractivity contribution is -0.140. The van der Waals surface area contributed by atoms with Crippen molar-refractivity contribution >= 4 is 23.2 Å². The molecule has 1 amide bonds. The summed E-state index contributed by atoms with van der Waals surface area (Å²) < 4.78 is 0. The Bertz CT molecular complexity index is 414. The van der Waals surface area contributed by atoms with Gasteiger partial charge in [-0.1, -0.05) is 20.3 Å². The molecular weight excluding hydrogens is 238 g/mol. The highest BCUT2D eigenvalue weighted by Crippen LogP contribution is 2.15. The van der Waals surface area contributed by atoms with Crippen molar-refractivity contribution in [3.8, 4) is 0 Å². The number of rotatable bonds is 5. The van der Waals surface area contributed by atoms with Crippen LogP contribution in [0.4, 0.5) is 0 Å². The summed E-state index contributed by atoms with van der Waals surface area (Å²) in [6.07, 6.45) is 0.708. The summed E-state index contributed by atoms with van der Waals surface area (Å²) in [6.45, 7) is 5.56. The Morgan fingerprint density at radius 3 is 2.53 bits per heavy atom. The minimum absolute atomic E-state index is 0.0876. The first-order valence-corrected chi connectivity index (χ1v) is 6.48.